The highest BCUT2D eigenvalue weighted by atomic mass is 16.5. The molecule has 0 spiro atoms. The van der Waals surface area contributed by atoms with E-state index in [4.69, 9.17) is 10.5 Å². The number of nitrogens with two attached hydrogens (primary N) is 1. The Hall–Kier alpha value is -1.85. The number of anilines is 1. The Kier molecular flexibility index (Phi) is 5.58. The van der Waals surface area contributed by atoms with Gasteiger partial charge in [-0.15, -0.1) is 0 Å². The summed E-state index contributed by atoms with van der Waals surface area (Å²) in [5, 5.41) is 3.48. The van der Waals surface area contributed by atoms with E-state index in [1.54, 1.807) is 13.4 Å². The topological polar surface area (TPSA) is 76.0 Å². The van der Waals surface area contributed by atoms with Gasteiger partial charge in [0.25, 0.3) is 0 Å². The molecule has 4 N–H and O–H groups in total. The zero-order valence-corrected chi connectivity index (χ0v) is 11.8. The molecule has 0 saturated carbocycles. The number of ether oxygens (including phenoxy) is 1. The number of aromatic amines is 1. The number of nitrogens with one attached hydrogen (secondary N) is 2. The summed E-state index contributed by atoms with van der Waals surface area (Å²) in [6, 6.07) is 8.58. The van der Waals surface area contributed by atoms with E-state index in [0.717, 1.165) is 29.8 Å². The minimum Gasteiger partial charge on any atom is -0.383 e. The molecule has 1 aromatic carbocycles. The van der Waals surface area contributed by atoms with Gasteiger partial charge in [-0.3, -0.25) is 0 Å². The fourth-order valence-corrected chi connectivity index (χ4v) is 2.16. The molecule has 0 amide bonds. The summed E-state index contributed by atoms with van der Waals surface area (Å²) in [6.45, 7) is 1.39. The van der Waals surface area contributed by atoms with Gasteiger partial charge in [-0.25, -0.2) is 4.98 Å². The van der Waals surface area contributed by atoms with E-state index in [0.29, 0.717) is 19.2 Å². The van der Waals surface area contributed by atoms with Gasteiger partial charge in [-0.1, -0.05) is 12.1 Å². The van der Waals surface area contributed by atoms with Crippen LogP contribution in [0.15, 0.2) is 36.8 Å². The molecule has 20 heavy (non-hydrogen) atoms. The molecule has 0 aliphatic rings. The molecule has 0 bridgehead atoms. The van der Waals surface area contributed by atoms with E-state index < -0.39 is 0 Å². The lowest BCUT2D eigenvalue weighted by molar-refractivity contribution is 0.182. The SMILES string of the molecule is COCC(CCCN)Nc1ccc(-c2cnc[nH]2)cc1. The summed E-state index contributed by atoms with van der Waals surface area (Å²) in [4.78, 5) is 7.12. The van der Waals surface area contributed by atoms with Crippen molar-refractivity contribution in [2.75, 3.05) is 25.6 Å². The second-order valence-electron chi connectivity index (χ2n) is 4.77. The molecule has 0 aliphatic heterocycles. The first-order valence-electron chi connectivity index (χ1n) is 6.88. The van der Waals surface area contributed by atoms with E-state index >= 15 is 0 Å². The van der Waals surface area contributed by atoms with Crippen molar-refractivity contribution in [3.8, 4) is 11.3 Å². The first kappa shape index (κ1) is 14.6. The molecular formula is C15H22N4O. The van der Waals surface area contributed by atoms with Crippen LogP contribution in [-0.2, 0) is 4.74 Å². The average molecular weight is 274 g/mol. The summed E-state index contributed by atoms with van der Waals surface area (Å²) in [6.07, 6.45) is 5.50. The van der Waals surface area contributed by atoms with Gasteiger partial charge in [0.1, 0.15) is 0 Å². The van der Waals surface area contributed by atoms with Crippen LogP contribution in [0.25, 0.3) is 11.3 Å². The van der Waals surface area contributed by atoms with E-state index in [1.807, 2.05) is 6.20 Å². The van der Waals surface area contributed by atoms with Crippen molar-refractivity contribution in [3.63, 3.8) is 0 Å². The lowest BCUT2D eigenvalue weighted by atomic mass is 10.1. The Morgan fingerprint density at radius 2 is 2.15 bits per heavy atom. The van der Waals surface area contributed by atoms with Crippen LogP contribution in [0.2, 0.25) is 0 Å². The molecule has 0 saturated heterocycles. The van der Waals surface area contributed by atoms with Gasteiger partial charge in [0.15, 0.2) is 0 Å². The Bertz CT molecular complexity index is 481. The molecule has 1 heterocycles. The third-order valence-electron chi connectivity index (χ3n) is 3.19. The summed E-state index contributed by atoms with van der Waals surface area (Å²) in [5.74, 6) is 0. The fourth-order valence-electron chi connectivity index (χ4n) is 2.16. The number of nitrogens with zero attached hydrogens (tertiary/aromatic N) is 1. The molecule has 108 valence electrons. The molecule has 1 aromatic heterocycles. The monoisotopic (exact) mass is 274 g/mol. The van der Waals surface area contributed by atoms with Gasteiger partial charge < -0.3 is 20.8 Å². The maximum Gasteiger partial charge on any atom is 0.0924 e. The van der Waals surface area contributed by atoms with Crippen molar-refractivity contribution in [3.05, 3.63) is 36.8 Å². The number of hydrogen-bond donors (Lipinski definition) is 3. The Morgan fingerprint density at radius 1 is 1.35 bits per heavy atom. The molecule has 2 aromatic rings. The van der Waals surface area contributed by atoms with Crippen molar-refractivity contribution in [1.82, 2.24) is 9.97 Å². The maximum absolute atomic E-state index is 5.56. The number of imidazole rings is 1. The predicted octanol–water partition coefficient (Wildman–Crippen LogP) is 2.24. The van der Waals surface area contributed by atoms with E-state index in [-0.39, 0.29) is 0 Å². The predicted molar refractivity (Wildman–Crippen MR) is 81.6 cm³/mol. The first-order valence-corrected chi connectivity index (χ1v) is 6.88. The van der Waals surface area contributed by atoms with Crippen molar-refractivity contribution < 1.29 is 4.74 Å². The van der Waals surface area contributed by atoms with Crippen LogP contribution < -0.4 is 11.1 Å². The molecule has 5 nitrogen and oxygen atoms in total. The van der Waals surface area contributed by atoms with E-state index in [9.17, 15) is 0 Å². The number of methoxy groups -OCH3 is 1. The molecule has 0 fully saturated rings. The zero-order chi connectivity index (χ0) is 14.2. The minimum absolute atomic E-state index is 0.293. The van der Waals surface area contributed by atoms with Crippen LogP contribution in [0.1, 0.15) is 12.8 Å². The van der Waals surface area contributed by atoms with Crippen LogP contribution >= 0.6 is 0 Å². The van der Waals surface area contributed by atoms with Gasteiger partial charge in [0, 0.05) is 18.8 Å². The van der Waals surface area contributed by atoms with Crippen LogP contribution in [0.3, 0.4) is 0 Å². The zero-order valence-electron chi connectivity index (χ0n) is 11.8. The Morgan fingerprint density at radius 3 is 2.75 bits per heavy atom. The first-order chi connectivity index (χ1) is 9.83. The van der Waals surface area contributed by atoms with Crippen molar-refractivity contribution in [2.24, 2.45) is 5.73 Å². The van der Waals surface area contributed by atoms with Crippen LogP contribution in [0.5, 0.6) is 0 Å². The van der Waals surface area contributed by atoms with Crippen molar-refractivity contribution in [1.29, 1.82) is 0 Å². The maximum atomic E-state index is 5.56. The highest BCUT2D eigenvalue weighted by molar-refractivity contribution is 5.62. The molecule has 5 heteroatoms. The van der Waals surface area contributed by atoms with Gasteiger partial charge >= 0.3 is 0 Å². The molecular weight excluding hydrogens is 252 g/mol. The Balaban J connectivity index is 1.98. The number of H-pyrrole nitrogens is 1. The molecule has 1 atom stereocenters. The van der Waals surface area contributed by atoms with Gasteiger partial charge in [-0.2, -0.15) is 0 Å². The fraction of sp³-hybridized carbons (Fsp3) is 0.400. The third-order valence-corrected chi connectivity index (χ3v) is 3.19. The molecule has 2 rings (SSSR count). The van der Waals surface area contributed by atoms with Crippen LogP contribution in [-0.4, -0.2) is 36.3 Å². The van der Waals surface area contributed by atoms with Crippen LogP contribution in [0.4, 0.5) is 5.69 Å². The summed E-state index contributed by atoms with van der Waals surface area (Å²) >= 11 is 0. The summed E-state index contributed by atoms with van der Waals surface area (Å²) in [7, 11) is 1.72. The van der Waals surface area contributed by atoms with Crippen molar-refractivity contribution in [2.45, 2.75) is 18.9 Å². The smallest absolute Gasteiger partial charge is 0.0924 e. The Labute approximate surface area is 119 Å². The quantitative estimate of drug-likeness (QED) is 0.690. The van der Waals surface area contributed by atoms with Gasteiger partial charge in [0.2, 0.25) is 0 Å². The normalized spacial score (nSPS) is 12.3. The molecule has 0 aliphatic carbocycles. The number of benzene rings is 1. The van der Waals surface area contributed by atoms with Crippen molar-refractivity contribution >= 4 is 5.69 Å². The standard InChI is InChI=1S/C15H22N4O/c1-20-10-14(3-2-8-16)19-13-6-4-12(5-7-13)15-9-17-11-18-15/h4-7,9,11,14,19H,2-3,8,10,16H2,1H3,(H,17,18). The van der Waals surface area contributed by atoms with E-state index in [2.05, 4.69) is 39.6 Å². The second kappa shape index (κ2) is 7.67. The number of aromatic nitrogens is 2. The lowest BCUT2D eigenvalue weighted by Crippen LogP contribution is -2.25. The highest BCUT2D eigenvalue weighted by Gasteiger charge is 2.08. The summed E-state index contributed by atoms with van der Waals surface area (Å²) < 4.78 is 5.24. The molecule has 1 unspecified atom stereocenters. The second-order valence-corrected chi connectivity index (χ2v) is 4.77. The van der Waals surface area contributed by atoms with Gasteiger partial charge in [0.05, 0.1) is 24.8 Å². The highest BCUT2D eigenvalue weighted by Crippen LogP contribution is 2.19. The minimum atomic E-state index is 0.293. The number of rotatable bonds is 8. The summed E-state index contributed by atoms with van der Waals surface area (Å²) in [5.41, 5.74) is 8.80. The number of hydrogen-bond acceptors (Lipinski definition) is 4. The average Bonchev–Trinajstić information content (AvgIpc) is 3.00. The van der Waals surface area contributed by atoms with E-state index in [1.165, 1.54) is 0 Å². The third kappa shape index (κ3) is 4.08. The van der Waals surface area contributed by atoms with Crippen LogP contribution in [0, 0.1) is 0 Å². The molecule has 0 radical (unpaired) electrons. The lowest BCUT2D eigenvalue weighted by Gasteiger charge is -2.19. The van der Waals surface area contributed by atoms with Gasteiger partial charge in [-0.05, 0) is 37.1 Å². The largest absolute Gasteiger partial charge is 0.383 e.